The standard InChI is InChI=1S/C7H16N2O2S/c1-3-6(8)4-12(11)5(2)7(9)10/h5-6H,3-4,8H2,1-2H3,(H2,9,10). The first-order chi connectivity index (χ1) is 5.49. The van der Waals surface area contributed by atoms with Crippen LogP contribution in [0.5, 0.6) is 0 Å². The Bertz CT molecular complexity index is 184. The van der Waals surface area contributed by atoms with Crippen molar-refractivity contribution in [1.82, 2.24) is 0 Å². The molecule has 12 heavy (non-hydrogen) atoms. The third kappa shape index (κ3) is 3.82. The zero-order valence-corrected chi connectivity index (χ0v) is 8.26. The van der Waals surface area contributed by atoms with Crippen molar-refractivity contribution in [2.45, 2.75) is 31.6 Å². The molecule has 0 fully saturated rings. The SMILES string of the molecule is CCC(N)CS(=O)C(C)C(N)=O. The molecule has 0 heterocycles. The summed E-state index contributed by atoms with van der Waals surface area (Å²) in [4.78, 5) is 10.6. The lowest BCUT2D eigenvalue weighted by molar-refractivity contribution is -0.117. The predicted octanol–water partition coefficient (Wildman–Crippen LogP) is -0.654. The van der Waals surface area contributed by atoms with Crippen molar-refractivity contribution in [2.75, 3.05) is 5.75 Å². The predicted molar refractivity (Wildman–Crippen MR) is 49.9 cm³/mol. The van der Waals surface area contributed by atoms with Gasteiger partial charge in [-0.05, 0) is 13.3 Å². The highest BCUT2D eigenvalue weighted by Crippen LogP contribution is 1.98. The number of rotatable bonds is 5. The van der Waals surface area contributed by atoms with E-state index in [0.717, 1.165) is 6.42 Å². The van der Waals surface area contributed by atoms with Crippen LogP contribution in [0.15, 0.2) is 0 Å². The molecule has 0 radical (unpaired) electrons. The van der Waals surface area contributed by atoms with E-state index in [9.17, 15) is 9.00 Å². The van der Waals surface area contributed by atoms with E-state index in [1.807, 2.05) is 6.92 Å². The molecular weight excluding hydrogens is 176 g/mol. The topological polar surface area (TPSA) is 86.2 Å². The van der Waals surface area contributed by atoms with Crippen molar-refractivity contribution < 1.29 is 9.00 Å². The van der Waals surface area contributed by atoms with Gasteiger partial charge in [-0.15, -0.1) is 0 Å². The Hall–Kier alpha value is -0.420. The molecular formula is C7H16N2O2S. The van der Waals surface area contributed by atoms with Crippen LogP contribution in [0.25, 0.3) is 0 Å². The van der Waals surface area contributed by atoms with Gasteiger partial charge in [0.15, 0.2) is 0 Å². The number of primary amides is 1. The number of amides is 1. The molecule has 0 bridgehead atoms. The van der Waals surface area contributed by atoms with Gasteiger partial charge in [-0.25, -0.2) is 0 Å². The minimum absolute atomic E-state index is 0.104. The van der Waals surface area contributed by atoms with Gasteiger partial charge >= 0.3 is 0 Å². The molecule has 0 aliphatic carbocycles. The van der Waals surface area contributed by atoms with Crippen LogP contribution in [0, 0.1) is 0 Å². The third-order valence-corrected chi connectivity index (χ3v) is 3.48. The van der Waals surface area contributed by atoms with Crippen LogP contribution in [0.2, 0.25) is 0 Å². The monoisotopic (exact) mass is 192 g/mol. The summed E-state index contributed by atoms with van der Waals surface area (Å²) < 4.78 is 11.3. The van der Waals surface area contributed by atoms with E-state index >= 15 is 0 Å². The first-order valence-corrected chi connectivity index (χ1v) is 5.29. The molecule has 0 aromatic rings. The molecule has 0 aliphatic heterocycles. The zero-order valence-electron chi connectivity index (χ0n) is 7.45. The molecule has 4 nitrogen and oxygen atoms in total. The van der Waals surface area contributed by atoms with E-state index in [4.69, 9.17) is 11.5 Å². The van der Waals surface area contributed by atoms with Crippen LogP contribution in [0.1, 0.15) is 20.3 Å². The van der Waals surface area contributed by atoms with Crippen LogP contribution >= 0.6 is 0 Å². The average molecular weight is 192 g/mol. The van der Waals surface area contributed by atoms with E-state index in [2.05, 4.69) is 0 Å². The van der Waals surface area contributed by atoms with E-state index in [-0.39, 0.29) is 6.04 Å². The number of hydrogen-bond donors (Lipinski definition) is 2. The van der Waals surface area contributed by atoms with Gasteiger partial charge in [-0.1, -0.05) is 6.92 Å². The molecule has 0 rings (SSSR count). The summed E-state index contributed by atoms with van der Waals surface area (Å²) in [5.41, 5.74) is 10.5. The molecule has 0 aromatic carbocycles. The second kappa shape index (κ2) is 5.27. The van der Waals surface area contributed by atoms with E-state index in [1.165, 1.54) is 0 Å². The van der Waals surface area contributed by atoms with Crippen molar-refractivity contribution in [2.24, 2.45) is 11.5 Å². The maximum absolute atomic E-state index is 11.3. The zero-order chi connectivity index (χ0) is 9.72. The lowest BCUT2D eigenvalue weighted by Crippen LogP contribution is -2.36. The first kappa shape index (κ1) is 11.6. The Balaban J connectivity index is 3.95. The summed E-state index contributed by atoms with van der Waals surface area (Å²) in [6, 6.07) is -0.104. The molecule has 0 aromatic heterocycles. The highest BCUT2D eigenvalue weighted by Gasteiger charge is 2.18. The summed E-state index contributed by atoms with van der Waals surface area (Å²) in [7, 11) is -1.22. The molecule has 3 atom stereocenters. The van der Waals surface area contributed by atoms with Crippen LogP contribution in [0.3, 0.4) is 0 Å². The van der Waals surface area contributed by atoms with Crippen molar-refractivity contribution in [3.05, 3.63) is 0 Å². The number of carbonyl (C=O) groups is 1. The van der Waals surface area contributed by atoms with Crippen LogP contribution in [0.4, 0.5) is 0 Å². The Kier molecular flexibility index (Phi) is 5.08. The van der Waals surface area contributed by atoms with Gasteiger partial charge in [0.2, 0.25) is 5.91 Å². The van der Waals surface area contributed by atoms with Crippen LogP contribution in [-0.2, 0) is 15.6 Å². The Morgan fingerprint density at radius 1 is 1.58 bits per heavy atom. The Morgan fingerprint density at radius 2 is 2.08 bits per heavy atom. The average Bonchev–Trinajstić information content (AvgIpc) is 2.02. The van der Waals surface area contributed by atoms with Gasteiger partial charge in [0.1, 0.15) is 5.25 Å². The van der Waals surface area contributed by atoms with Gasteiger partial charge in [-0.2, -0.15) is 0 Å². The van der Waals surface area contributed by atoms with Crippen LogP contribution in [-0.4, -0.2) is 27.2 Å². The Morgan fingerprint density at radius 3 is 2.42 bits per heavy atom. The van der Waals surface area contributed by atoms with Crippen LogP contribution < -0.4 is 11.5 Å². The van der Waals surface area contributed by atoms with Gasteiger partial charge < -0.3 is 11.5 Å². The molecule has 3 unspecified atom stereocenters. The van der Waals surface area contributed by atoms with E-state index in [0.29, 0.717) is 5.75 Å². The fourth-order valence-electron chi connectivity index (χ4n) is 0.603. The number of carbonyl (C=O) groups excluding carboxylic acids is 1. The number of nitrogens with two attached hydrogens (primary N) is 2. The maximum atomic E-state index is 11.3. The van der Waals surface area contributed by atoms with E-state index < -0.39 is 22.0 Å². The highest BCUT2D eigenvalue weighted by atomic mass is 32.2. The molecule has 1 amide bonds. The second-order valence-corrected chi connectivity index (χ2v) is 4.56. The summed E-state index contributed by atoms with van der Waals surface area (Å²) in [5.74, 6) is -0.183. The molecule has 0 saturated carbocycles. The fourth-order valence-corrected chi connectivity index (χ4v) is 1.81. The molecule has 5 heteroatoms. The molecule has 0 spiro atoms. The Labute approximate surface area is 75.1 Å². The largest absolute Gasteiger partial charge is 0.369 e. The highest BCUT2D eigenvalue weighted by molar-refractivity contribution is 7.86. The lowest BCUT2D eigenvalue weighted by Gasteiger charge is -2.11. The smallest absolute Gasteiger partial charge is 0.232 e. The molecule has 4 N–H and O–H groups in total. The minimum atomic E-state index is -1.22. The molecule has 0 saturated heterocycles. The van der Waals surface area contributed by atoms with Crippen molar-refractivity contribution in [3.8, 4) is 0 Å². The van der Waals surface area contributed by atoms with Crippen molar-refractivity contribution in [3.63, 3.8) is 0 Å². The van der Waals surface area contributed by atoms with Gasteiger partial charge in [0.25, 0.3) is 0 Å². The summed E-state index contributed by atoms with van der Waals surface area (Å²) >= 11 is 0. The maximum Gasteiger partial charge on any atom is 0.232 e. The number of hydrogen-bond acceptors (Lipinski definition) is 3. The lowest BCUT2D eigenvalue weighted by atomic mass is 10.3. The van der Waals surface area contributed by atoms with E-state index in [1.54, 1.807) is 6.92 Å². The van der Waals surface area contributed by atoms with Gasteiger partial charge in [0, 0.05) is 22.6 Å². The second-order valence-electron chi connectivity index (χ2n) is 2.76. The quantitative estimate of drug-likeness (QED) is 0.606. The third-order valence-electron chi connectivity index (χ3n) is 1.70. The summed E-state index contributed by atoms with van der Waals surface area (Å²) in [6.07, 6.45) is 0.761. The first-order valence-electron chi connectivity index (χ1n) is 3.91. The minimum Gasteiger partial charge on any atom is -0.369 e. The molecule has 0 aliphatic rings. The normalized spacial score (nSPS) is 18.2. The van der Waals surface area contributed by atoms with Crippen molar-refractivity contribution >= 4 is 16.7 Å². The van der Waals surface area contributed by atoms with Crippen molar-refractivity contribution in [1.29, 1.82) is 0 Å². The summed E-state index contributed by atoms with van der Waals surface area (Å²) in [5, 5.41) is -0.595. The van der Waals surface area contributed by atoms with Gasteiger partial charge in [0.05, 0.1) is 0 Å². The van der Waals surface area contributed by atoms with Gasteiger partial charge in [-0.3, -0.25) is 9.00 Å². The fraction of sp³-hybridized carbons (Fsp3) is 0.857. The summed E-state index contributed by atoms with van der Waals surface area (Å²) in [6.45, 7) is 3.47. The molecule has 72 valence electrons.